The van der Waals surface area contributed by atoms with Crippen LogP contribution in [0.5, 0.6) is 0 Å². The lowest BCUT2D eigenvalue weighted by Gasteiger charge is -2.32. The summed E-state index contributed by atoms with van der Waals surface area (Å²) in [7, 11) is 0. The first-order valence-corrected chi connectivity index (χ1v) is 9.96. The minimum atomic E-state index is -2.46. The second-order valence-electron chi connectivity index (χ2n) is 7.48. The van der Waals surface area contributed by atoms with Gasteiger partial charge in [-0.2, -0.15) is 20.4 Å². The van der Waals surface area contributed by atoms with E-state index in [-0.39, 0.29) is 0 Å². The van der Waals surface area contributed by atoms with E-state index in [1.54, 1.807) is 12.4 Å². The average molecular weight is 415 g/mol. The number of halogens is 2. The summed E-state index contributed by atoms with van der Waals surface area (Å²) in [4.78, 5) is 11.2. The van der Waals surface area contributed by atoms with Gasteiger partial charge >= 0.3 is 0 Å². The number of hydrogen-bond acceptors (Lipinski definition) is 7. The number of fused-ring (bicyclic) bond motifs is 1. The lowest BCUT2D eigenvalue weighted by atomic mass is 9.98. The highest BCUT2D eigenvalue weighted by Gasteiger charge is 2.21. The molecule has 1 unspecified atom stereocenters. The van der Waals surface area contributed by atoms with E-state index in [0.717, 1.165) is 50.1 Å². The zero-order valence-electron chi connectivity index (χ0n) is 16.5. The Bertz CT molecular complexity index is 1020. The van der Waals surface area contributed by atoms with Crippen molar-refractivity contribution in [2.75, 3.05) is 25.0 Å². The molecular weight excluding hydrogens is 392 g/mol. The molecule has 0 radical (unpaired) electrons. The van der Waals surface area contributed by atoms with Crippen LogP contribution in [0.15, 0.2) is 24.8 Å². The van der Waals surface area contributed by atoms with Gasteiger partial charge in [-0.15, -0.1) is 0 Å². The molecule has 4 heterocycles. The van der Waals surface area contributed by atoms with Crippen LogP contribution in [0.3, 0.4) is 0 Å². The van der Waals surface area contributed by atoms with Crippen LogP contribution in [0.1, 0.15) is 19.3 Å². The third kappa shape index (κ3) is 4.88. The number of nitrogens with one attached hydrogen (secondary N) is 1. The maximum absolute atomic E-state index is 12.5. The molecule has 0 aromatic carbocycles. The summed E-state index contributed by atoms with van der Waals surface area (Å²) in [5.74, 6) is 0.805. The van der Waals surface area contributed by atoms with Gasteiger partial charge in [0.25, 0.3) is 6.43 Å². The Morgan fingerprint density at radius 1 is 1.27 bits per heavy atom. The highest BCUT2D eigenvalue weighted by molar-refractivity contribution is 5.75. The van der Waals surface area contributed by atoms with Gasteiger partial charge in [-0.05, 0) is 25.3 Å². The predicted molar refractivity (Wildman–Crippen MR) is 106 cm³/mol. The maximum atomic E-state index is 12.5. The number of nitrogens with zero attached hydrogens (tertiary/aromatic N) is 8. The summed E-state index contributed by atoms with van der Waals surface area (Å²) < 4.78 is 28.0. The van der Waals surface area contributed by atoms with Crippen LogP contribution in [0.2, 0.25) is 0 Å². The molecule has 30 heavy (non-hydrogen) atoms. The molecule has 3 aromatic heterocycles. The standard InChI is InChI=1S/C19H23F2N9/c20-17(21)13-29-12-16(9-24-29)26-19-23-7-15-8-25-30(18(15)27-19)11-14-3-1-5-28(10-14)6-2-4-22/h7-9,12,14,17H,1-3,5-6,10-11,13H2,(H,23,26,27). The van der Waals surface area contributed by atoms with E-state index in [1.807, 2.05) is 4.68 Å². The molecule has 9 nitrogen and oxygen atoms in total. The van der Waals surface area contributed by atoms with Gasteiger partial charge in [-0.25, -0.2) is 18.4 Å². The Hall–Kier alpha value is -3.13. The van der Waals surface area contributed by atoms with Gasteiger partial charge in [0.15, 0.2) is 5.65 Å². The van der Waals surface area contributed by atoms with Crippen molar-refractivity contribution in [3.05, 3.63) is 24.8 Å². The first kappa shape index (κ1) is 20.2. The summed E-state index contributed by atoms with van der Waals surface area (Å²) in [5.41, 5.74) is 1.27. The zero-order chi connectivity index (χ0) is 20.9. The van der Waals surface area contributed by atoms with Crippen LogP contribution in [0.25, 0.3) is 11.0 Å². The van der Waals surface area contributed by atoms with Gasteiger partial charge in [0.05, 0.1) is 29.5 Å². The molecule has 1 aliphatic rings. The number of aromatic nitrogens is 6. The lowest BCUT2D eigenvalue weighted by Crippen LogP contribution is -2.37. The van der Waals surface area contributed by atoms with E-state index < -0.39 is 13.0 Å². The smallest absolute Gasteiger partial charge is 0.257 e. The monoisotopic (exact) mass is 415 g/mol. The highest BCUT2D eigenvalue weighted by atomic mass is 19.3. The summed E-state index contributed by atoms with van der Waals surface area (Å²) in [6.45, 7) is 3.08. The second kappa shape index (κ2) is 9.13. The molecule has 1 atom stereocenters. The molecule has 0 saturated carbocycles. The molecule has 4 rings (SSSR count). The van der Waals surface area contributed by atoms with Crippen molar-refractivity contribution >= 4 is 22.7 Å². The quantitative estimate of drug-likeness (QED) is 0.604. The summed E-state index contributed by atoms with van der Waals surface area (Å²) in [6.07, 6.45) is 6.71. The van der Waals surface area contributed by atoms with Crippen molar-refractivity contribution < 1.29 is 8.78 Å². The predicted octanol–water partition coefficient (Wildman–Crippen LogP) is 2.66. The molecule has 1 fully saturated rings. The molecule has 1 aliphatic heterocycles. The average Bonchev–Trinajstić information content (AvgIpc) is 3.33. The van der Waals surface area contributed by atoms with Crippen molar-refractivity contribution in [1.82, 2.24) is 34.4 Å². The molecule has 1 saturated heterocycles. The van der Waals surface area contributed by atoms with Gasteiger partial charge in [0.2, 0.25) is 5.95 Å². The van der Waals surface area contributed by atoms with E-state index >= 15 is 0 Å². The molecule has 158 valence electrons. The molecule has 0 aliphatic carbocycles. The van der Waals surface area contributed by atoms with E-state index in [2.05, 4.69) is 36.5 Å². The van der Waals surface area contributed by atoms with Crippen molar-refractivity contribution in [3.63, 3.8) is 0 Å². The molecule has 1 N–H and O–H groups in total. The Kier molecular flexibility index (Phi) is 6.13. The minimum Gasteiger partial charge on any atom is -0.321 e. The normalized spacial score (nSPS) is 17.5. The highest BCUT2D eigenvalue weighted by Crippen LogP contribution is 2.21. The third-order valence-electron chi connectivity index (χ3n) is 5.17. The van der Waals surface area contributed by atoms with Crippen LogP contribution < -0.4 is 5.32 Å². The van der Waals surface area contributed by atoms with Crippen LogP contribution in [0.4, 0.5) is 20.4 Å². The van der Waals surface area contributed by atoms with Crippen molar-refractivity contribution in [2.45, 2.75) is 38.8 Å². The van der Waals surface area contributed by atoms with Gasteiger partial charge < -0.3 is 10.2 Å². The lowest BCUT2D eigenvalue weighted by molar-refractivity contribution is 0.122. The van der Waals surface area contributed by atoms with Crippen LogP contribution in [0, 0.1) is 17.2 Å². The number of anilines is 2. The fourth-order valence-electron chi connectivity index (χ4n) is 3.81. The third-order valence-corrected chi connectivity index (χ3v) is 5.17. The van der Waals surface area contributed by atoms with Gasteiger partial charge in [-0.1, -0.05) is 0 Å². The van der Waals surface area contributed by atoms with E-state index in [9.17, 15) is 8.78 Å². The van der Waals surface area contributed by atoms with Crippen LogP contribution >= 0.6 is 0 Å². The first-order valence-electron chi connectivity index (χ1n) is 9.96. The number of nitriles is 1. The molecule has 11 heteroatoms. The maximum Gasteiger partial charge on any atom is 0.257 e. The Balaban J connectivity index is 1.45. The Morgan fingerprint density at radius 2 is 2.17 bits per heavy atom. The second-order valence-corrected chi connectivity index (χ2v) is 7.48. The largest absolute Gasteiger partial charge is 0.321 e. The molecule has 0 bridgehead atoms. The van der Waals surface area contributed by atoms with E-state index in [4.69, 9.17) is 5.26 Å². The zero-order valence-corrected chi connectivity index (χ0v) is 16.5. The Morgan fingerprint density at radius 3 is 3.00 bits per heavy atom. The fraction of sp³-hybridized carbons (Fsp3) is 0.526. The van der Waals surface area contributed by atoms with Gasteiger partial charge in [0.1, 0.15) is 6.54 Å². The van der Waals surface area contributed by atoms with Crippen molar-refractivity contribution in [2.24, 2.45) is 5.92 Å². The molecular formula is C19H23F2N9. The van der Waals surface area contributed by atoms with Crippen LogP contribution in [-0.4, -0.2) is 60.5 Å². The van der Waals surface area contributed by atoms with E-state index in [1.165, 1.54) is 17.1 Å². The topological polar surface area (TPSA) is 100 Å². The molecule has 0 spiro atoms. The number of alkyl halides is 2. The fourth-order valence-corrected chi connectivity index (χ4v) is 3.81. The van der Waals surface area contributed by atoms with Gasteiger partial charge in [0, 0.05) is 38.4 Å². The number of rotatable bonds is 8. The summed E-state index contributed by atoms with van der Waals surface area (Å²) in [6, 6.07) is 2.21. The molecule has 3 aromatic rings. The Labute approximate surface area is 172 Å². The SMILES string of the molecule is N#CCCN1CCCC(Cn2ncc3cnc(Nc4cnn(CC(F)F)c4)nc32)C1. The minimum absolute atomic E-state index is 0.361. The van der Waals surface area contributed by atoms with Gasteiger partial charge in [-0.3, -0.25) is 4.68 Å². The number of likely N-dealkylation sites (tertiary alicyclic amines) is 1. The van der Waals surface area contributed by atoms with Crippen molar-refractivity contribution in [3.8, 4) is 6.07 Å². The van der Waals surface area contributed by atoms with Crippen molar-refractivity contribution in [1.29, 1.82) is 5.26 Å². The summed E-state index contributed by atoms with van der Waals surface area (Å²) in [5, 5.41) is 21.0. The first-order chi connectivity index (χ1) is 14.6. The number of piperidine rings is 1. The number of hydrogen-bond donors (Lipinski definition) is 1. The van der Waals surface area contributed by atoms with Crippen LogP contribution in [-0.2, 0) is 13.1 Å². The van der Waals surface area contributed by atoms with E-state index in [0.29, 0.717) is 24.0 Å². The molecule has 0 amide bonds. The summed E-state index contributed by atoms with van der Waals surface area (Å²) >= 11 is 0.